The molecule has 0 bridgehead atoms. The largest absolute Gasteiger partial charge is 0.417 e. The third-order valence-electron chi connectivity index (χ3n) is 3.87. The number of rotatable bonds is 5. The van der Waals surface area contributed by atoms with Crippen LogP contribution >= 0.6 is 15.9 Å². The summed E-state index contributed by atoms with van der Waals surface area (Å²) < 4.78 is 19.9. The molecule has 0 unspecified atom stereocenters. The van der Waals surface area contributed by atoms with Gasteiger partial charge in [-0.05, 0) is 48.7 Å². The minimum absolute atomic E-state index is 0.201. The fourth-order valence-corrected chi connectivity index (χ4v) is 3.17. The lowest BCUT2D eigenvalue weighted by Gasteiger charge is -2.36. The maximum absolute atomic E-state index is 13.0. The molecule has 1 nitrogen and oxygen atoms in total. The molecule has 0 aliphatic rings. The monoisotopic (exact) mass is 346 g/mol. The summed E-state index contributed by atoms with van der Waals surface area (Å²) in [6.45, 7) is 12.0. The number of aryl methyl sites for hydroxylation is 1. The van der Waals surface area contributed by atoms with Crippen molar-refractivity contribution in [1.82, 2.24) is 0 Å². The van der Waals surface area contributed by atoms with E-state index in [0.717, 1.165) is 29.5 Å². The fraction of sp³-hybridized carbons (Fsp3) is 0.600. The van der Waals surface area contributed by atoms with Crippen LogP contribution in [0.15, 0.2) is 22.7 Å². The summed E-state index contributed by atoms with van der Waals surface area (Å²) in [5, 5.41) is 0.253. The van der Waals surface area contributed by atoms with Crippen molar-refractivity contribution >= 4 is 24.2 Å². The van der Waals surface area contributed by atoms with Gasteiger partial charge in [0.25, 0.3) is 0 Å². The lowest BCUT2D eigenvalue weighted by atomic mass is 10.1. The summed E-state index contributed by atoms with van der Waals surface area (Å²) in [4.78, 5) is 0. The highest BCUT2D eigenvalue weighted by atomic mass is 79.9. The second kappa shape index (κ2) is 6.51. The lowest BCUT2D eigenvalue weighted by molar-refractivity contribution is 0.282. The zero-order chi connectivity index (χ0) is 14.7. The molecule has 19 heavy (non-hydrogen) atoms. The molecule has 0 saturated carbocycles. The van der Waals surface area contributed by atoms with Gasteiger partial charge in [-0.15, -0.1) is 0 Å². The van der Waals surface area contributed by atoms with Crippen LogP contribution in [0.2, 0.25) is 18.1 Å². The smallest absolute Gasteiger partial charge is 0.191 e. The van der Waals surface area contributed by atoms with Crippen molar-refractivity contribution in [2.75, 3.05) is 6.61 Å². The Morgan fingerprint density at radius 3 is 2.42 bits per heavy atom. The van der Waals surface area contributed by atoms with Crippen molar-refractivity contribution < 1.29 is 8.82 Å². The van der Waals surface area contributed by atoms with Crippen LogP contribution in [-0.2, 0) is 10.8 Å². The van der Waals surface area contributed by atoms with E-state index in [2.05, 4.69) is 49.8 Å². The molecule has 1 aromatic carbocycles. The van der Waals surface area contributed by atoms with Crippen molar-refractivity contribution in [3.8, 4) is 0 Å². The van der Waals surface area contributed by atoms with E-state index in [4.69, 9.17) is 4.43 Å². The summed E-state index contributed by atoms with van der Waals surface area (Å²) in [6.07, 6.45) is 1.88. The van der Waals surface area contributed by atoms with E-state index in [9.17, 15) is 4.39 Å². The maximum Gasteiger partial charge on any atom is 0.191 e. The van der Waals surface area contributed by atoms with E-state index in [1.54, 1.807) is 0 Å². The van der Waals surface area contributed by atoms with Gasteiger partial charge in [0.05, 0.1) is 0 Å². The molecule has 0 N–H and O–H groups in total. The molecule has 0 fully saturated rings. The van der Waals surface area contributed by atoms with Gasteiger partial charge in [-0.25, -0.2) is 4.39 Å². The zero-order valence-corrected chi connectivity index (χ0v) is 15.1. The van der Waals surface area contributed by atoms with Crippen LogP contribution in [0.5, 0.6) is 0 Å². The van der Waals surface area contributed by atoms with Crippen LogP contribution in [0.1, 0.15) is 32.8 Å². The molecule has 0 aliphatic heterocycles. The van der Waals surface area contributed by atoms with Crippen LogP contribution in [0.3, 0.4) is 0 Å². The van der Waals surface area contributed by atoms with Crippen molar-refractivity contribution in [2.24, 2.45) is 0 Å². The molecule has 1 aromatic rings. The number of benzene rings is 1. The SMILES string of the molecule is CC(C)(C)[Si](C)(C)OCCCc1ccc(F)cc1Br. The molecule has 0 atom stereocenters. The normalized spacial score (nSPS) is 12.8. The van der Waals surface area contributed by atoms with Crippen LogP contribution in [0.4, 0.5) is 4.39 Å². The first-order valence-electron chi connectivity index (χ1n) is 6.71. The van der Waals surface area contributed by atoms with Gasteiger partial charge in [0.2, 0.25) is 0 Å². The Hall–Kier alpha value is -0.193. The first kappa shape index (κ1) is 16.9. The van der Waals surface area contributed by atoms with Crippen molar-refractivity contribution in [1.29, 1.82) is 0 Å². The molecule has 4 heteroatoms. The summed E-state index contributed by atoms with van der Waals surface area (Å²) in [5.41, 5.74) is 1.14. The average Bonchev–Trinajstić information content (AvgIpc) is 2.25. The number of hydrogen-bond donors (Lipinski definition) is 0. The Kier molecular flexibility index (Phi) is 5.77. The van der Waals surface area contributed by atoms with E-state index in [1.165, 1.54) is 12.1 Å². The maximum atomic E-state index is 13.0. The van der Waals surface area contributed by atoms with Gasteiger partial charge in [-0.1, -0.05) is 42.8 Å². The van der Waals surface area contributed by atoms with Gasteiger partial charge >= 0.3 is 0 Å². The number of hydrogen-bond acceptors (Lipinski definition) is 1. The van der Waals surface area contributed by atoms with Gasteiger partial charge in [0.15, 0.2) is 8.32 Å². The fourth-order valence-electron chi connectivity index (χ4n) is 1.53. The third kappa shape index (κ3) is 5.01. The summed E-state index contributed by atoms with van der Waals surface area (Å²) in [7, 11) is -1.64. The minimum Gasteiger partial charge on any atom is -0.417 e. The van der Waals surface area contributed by atoms with Crippen molar-refractivity contribution in [3.05, 3.63) is 34.1 Å². The Balaban J connectivity index is 2.43. The zero-order valence-electron chi connectivity index (χ0n) is 12.5. The molecule has 0 heterocycles. The lowest BCUT2D eigenvalue weighted by Crippen LogP contribution is -2.41. The van der Waals surface area contributed by atoms with E-state index in [1.807, 2.05) is 6.07 Å². The van der Waals surface area contributed by atoms with Gasteiger partial charge in [-0.2, -0.15) is 0 Å². The summed E-state index contributed by atoms with van der Waals surface area (Å²) in [6, 6.07) is 4.87. The second-order valence-electron chi connectivity index (χ2n) is 6.45. The first-order chi connectivity index (χ1) is 8.63. The minimum atomic E-state index is -1.64. The Bertz CT molecular complexity index is 427. The molecule has 0 aromatic heterocycles. The van der Waals surface area contributed by atoms with Crippen LogP contribution in [0, 0.1) is 5.82 Å². The molecule has 0 amide bonds. The average molecular weight is 347 g/mol. The standard InChI is InChI=1S/C15H24BrFOSi/c1-15(2,3)19(4,5)18-10-6-7-12-8-9-13(17)11-14(12)16/h8-9,11H,6-7,10H2,1-5H3. The molecule has 0 aliphatic carbocycles. The van der Waals surface area contributed by atoms with E-state index in [0.29, 0.717) is 0 Å². The second-order valence-corrected chi connectivity index (χ2v) is 12.1. The highest BCUT2D eigenvalue weighted by Crippen LogP contribution is 2.36. The van der Waals surface area contributed by atoms with E-state index >= 15 is 0 Å². The van der Waals surface area contributed by atoms with Gasteiger partial charge < -0.3 is 4.43 Å². The van der Waals surface area contributed by atoms with Gasteiger partial charge in [0, 0.05) is 11.1 Å². The van der Waals surface area contributed by atoms with Gasteiger partial charge in [-0.3, -0.25) is 0 Å². The van der Waals surface area contributed by atoms with Crippen LogP contribution in [0.25, 0.3) is 0 Å². The van der Waals surface area contributed by atoms with Crippen LogP contribution in [-0.4, -0.2) is 14.9 Å². The number of halogens is 2. The molecule has 108 valence electrons. The first-order valence-corrected chi connectivity index (χ1v) is 10.4. The quantitative estimate of drug-likeness (QED) is 0.502. The predicted molar refractivity (Wildman–Crippen MR) is 85.6 cm³/mol. The molecule has 0 saturated heterocycles. The van der Waals surface area contributed by atoms with Crippen molar-refractivity contribution in [2.45, 2.75) is 51.7 Å². The molecular formula is C15H24BrFOSi. The molecular weight excluding hydrogens is 323 g/mol. The summed E-state index contributed by atoms with van der Waals surface area (Å²) >= 11 is 3.40. The van der Waals surface area contributed by atoms with E-state index in [-0.39, 0.29) is 10.9 Å². The summed E-state index contributed by atoms with van der Waals surface area (Å²) in [5.74, 6) is -0.201. The Morgan fingerprint density at radius 1 is 1.26 bits per heavy atom. The Morgan fingerprint density at radius 2 is 1.89 bits per heavy atom. The highest BCUT2D eigenvalue weighted by Gasteiger charge is 2.36. The van der Waals surface area contributed by atoms with Crippen molar-refractivity contribution in [3.63, 3.8) is 0 Å². The predicted octanol–water partition coefficient (Wildman–Crippen LogP) is 5.54. The molecule has 0 spiro atoms. The Labute approximate surface area is 125 Å². The molecule has 0 radical (unpaired) electrons. The van der Waals surface area contributed by atoms with E-state index < -0.39 is 8.32 Å². The highest BCUT2D eigenvalue weighted by molar-refractivity contribution is 9.10. The van der Waals surface area contributed by atoms with Crippen LogP contribution < -0.4 is 0 Å². The molecule has 1 rings (SSSR count). The van der Waals surface area contributed by atoms with Gasteiger partial charge in [0.1, 0.15) is 5.82 Å². The third-order valence-corrected chi connectivity index (χ3v) is 9.15. The topological polar surface area (TPSA) is 9.23 Å².